The number of ether oxygens (including phenoxy) is 1. The number of hydrogen-bond acceptors (Lipinski definition) is 6. The minimum Gasteiger partial charge on any atom is -0.376 e. The molecule has 1 saturated heterocycles. The first-order valence-corrected chi connectivity index (χ1v) is 11.7. The first-order chi connectivity index (χ1) is 14.6. The molecule has 0 radical (unpaired) electrons. The maximum atomic E-state index is 12.4. The summed E-state index contributed by atoms with van der Waals surface area (Å²) in [6, 6.07) is 13.1. The number of fused-ring (bicyclic) bond motifs is 1. The molecule has 0 spiro atoms. The Bertz CT molecular complexity index is 1040. The molecule has 1 aliphatic rings. The summed E-state index contributed by atoms with van der Waals surface area (Å²) in [5, 5.41) is 5.85. The van der Waals surface area contributed by atoms with Gasteiger partial charge in [-0.1, -0.05) is 29.5 Å². The fourth-order valence-electron chi connectivity index (χ4n) is 3.16. The standard InChI is InChI=1S/C22H23N3O3S2/c1-14-4-6-15(7-5-14)21(27)24-16-8-9-18-19(11-16)30-22(25-18)29-13-20(26)23-12-17-3-2-10-28-17/h4-9,11,17H,2-3,10,12-13H2,1H3,(H,23,26)(H,24,27)/t17-/m1/s1. The minimum atomic E-state index is -0.142. The van der Waals surface area contributed by atoms with Gasteiger partial charge in [-0.3, -0.25) is 9.59 Å². The van der Waals surface area contributed by atoms with Crippen LogP contribution >= 0.6 is 23.1 Å². The molecule has 0 saturated carbocycles. The number of rotatable bonds is 7. The summed E-state index contributed by atoms with van der Waals surface area (Å²) in [5.74, 6) is 0.168. The molecule has 30 heavy (non-hydrogen) atoms. The van der Waals surface area contributed by atoms with Gasteiger partial charge in [-0.15, -0.1) is 11.3 Å². The highest BCUT2D eigenvalue weighted by molar-refractivity contribution is 8.01. The van der Waals surface area contributed by atoms with Gasteiger partial charge in [-0.25, -0.2) is 4.98 Å². The average Bonchev–Trinajstić information content (AvgIpc) is 3.40. The third-order valence-electron chi connectivity index (χ3n) is 4.82. The zero-order valence-corrected chi connectivity index (χ0v) is 18.3. The SMILES string of the molecule is Cc1ccc(C(=O)Nc2ccc3nc(SCC(=O)NC[C@H]4CCCO4)sc3c2)cc1. The predicted octanol–water partition coefficient (Wildman–Crippen LogP) is 4.24. The molecule has 4 rings (SSSR count). The molecule has 2 amide bonds. The lowest BCUT2D eigenvalue weighted by Gasteiger charge is -2.09. The summed E-state index contributed by atoms with van der Waals surface area (Å²) in [6.45, 7) is 3.35. The summed E-state index contributed by atoms with van der Waals surface area (Å²) in [5.41, 5.74) is 3.32. The normalized spacial score (nSPS) is 16.0. The Morgan fingerprint density at radius 3 is 2.83 bits per heavy atom. The first kappa shape index (κ1) is 20.8. The number of carbonyl (C=O) groups is 2. The van der Waals surface area contributed by atoms with Gasteiger partial charge in [0, 0.05) is 24.4 Å². The van der Waals surface area contributed by atoms with Gasteiger partial charge in [-0.05, 0) is 50.1 Å². The maximum absolute atomic E-state index is 12.4. The van der Waals surface area contributed by atoms with Crippen molar-refractivity contribution < 1.29 is 14.3 Å². The summed E-state index contributed by atoms with van der Waals surface area (Å²) < 4.78 is 7.32. The van der Waals surface area contributed by atoms with E-state index in [9.17, 15) is 9.59 Å². The van der Waals surface area contributed by atoms with Crippen LogP contribution in [-0.4, -0.2) is 41.8 Å². The molecule has 2 N–H and O–H groups in total. The van der Waals surface area contributed by atoms with Crippen LogP contribution in [0.2, 0.25) is 0 Å². The molecule has 2 aromatic carbocycles. The number of amides is 2. The van der Waals surface area contributed by atoms with E-state index in [0.717, 1.165) is 45.3 Å². The summed E-state index contributed by atoms with van der Waals surface area (Å²) in [4.78, 5) is 29.1. The van der Waals surface area contributed by atoms with Crippen molar-refractivity contribution in [2.45, 2.75) is 30.2 Å². The highest BCUT2D eigenvalue weighted by atomic mass is 32.2. The number of nitrogens with zero attached hydrogens (tertiary/aromatic N) is 1. The monoisotopic (exact) mass is 441 g/mol. The van der Waals surface area contributed by atoms with Crippen LogP contribution in [0.1, 0.15) is 28.8 Å². The molecule has 1 atom stereocenters. The molecule has 1 aliphatic heterocycles. The van der Waals surface area contributed by atoms with Crippen molar-refractivity contribution in [1.29, 1.82) is 0 Å². The largest absolute Gasteiger partial charge is 0.376 e. The molecule has 0 unspecified atom stereocenters. The van der Waals surface area contributed by atoms with Gasteiger partial charge in [-0.2, -0.15) is 0 Å². The number of thioether (sulfide) groups is 1. The number of nitrogens with one attached hydrogen (secondary N) is 2. The number of carbonyl (C=O) groups excluding carboxylic acids is 2. The molecule has 8 heteroatoms. The van der Waals surface area contributed by atoms with Crippen LogP contribution in [0.15, 0.2) is 46.8 Å². The molecule has 0 bridgehead atoms. The van der Waals surface area contributed by atoms with Crippen molar-refractivity contribution in [3.63, 3.8) is 0 Å². The summed E-state index contributed by atoms with van der Waals surface area (Å²) in [6.07, 6.45) is 2.22. The molecule has 0 aliphatic carbocycles. The van der Waals surface area contributed by atoms with E-state index >= 15 is 0 Å². The van der Waals surface area contributed by atoms with Gasteiger partial charge in [0.05, 0.1) is 22.1 Å². The first-order valence-electron chi connectivity index (χ1n) is 9.86. The van der Waals surface area contributed by atoms with Crippen molar-refractivity contribution in [3.05, 3.63) is 53.6 Å². The van der Waals surface area contributed by atoms with Crippen LogP contribution < -0.4 is 10.6 Å². The second kappa shape index (κ2) is 9.59. The summed E-state index contributed by atoms with van der Waals surface area (Å²) in [7, 11) is 0. The number of anilines is 1. The summed E-state index contributed by atoms with van der Waals surface area (Å²) >= 11 is 2.94. The quantitative estimate of drug-likeness (QED) is 0.536. The van der Waals surface area contributed by atoms with E-state index in [1.54, 1.807) is 0 Å². The third kappa shape index (κ3) is 5.38. The molecular weight excluding hydrogens is 418 g/mol. The van der Waals surface area contributed by atoms with Gasteiger partial charge >= 0.3 is 0 Å². The molecule has 6 nitrogen and oxygen atoms in total. The number of hydrogen-bond donors (Lipinski definition) is 2. The smallest absolute Gasteiger partial charge is 0.255 e. The molecule has 1 fully saturated rings. The lowest BCUT2D eigenvalue weighted by Crippen LogP contribution is -2.32. The predicted molar refractivity (Wildman–Crippen MR) is 121 cm³/mol. The fraction of sp³-hybridized carbons (Fsp3) is 0.318. The van der Waals surface area contributed by atoms with Crippen molar-refractivity contribution in [1.82, 2.24) is 10.3 Å². The molecule has 2 heterocycles. The van der Waals surface area contributed by atoms with Crippen molar-refractivity contribution in [3.8, 4) is 0 Å². The van der Waals surface area contributed by atoms with Gasteiger partial charge in [0.25, 0.3) is 5.91 Å². The number of thiazole rings is 1. The van der Waals surface area contributed by atoms with Crippen LogP contribution in [-0.2, 0) is 9.53 Å². The van der Waals surface area contributed by atoms with Crippen molar-refractivity contribution in [2.75, 3.05) is 24.2 Å². The Kier molecular flexibility index (Phi) is 6.66. The molecule has 3 aromatic rings. The Hall–Kier alpha value is -2.42. The minimum absolute atomic E-state index is 0.0131. The number of benzene rings is 2. The van der Waals surface area contributed by atoms with Gasteiger partial charge < -0.3 is 15.4 Å². The zero-order chi connectivity index (χ0) is 20.9. The Labute approximate surface area is 183 Å². The Morgan fingerprint density at radius 1 is 1.23 bits per heavy atom. The maximum Gasteiger partial charge on any atom is 0.255 e. The van der Waals surface area contributed by atoms with Gasteiger partial charge in [0.1, 0.15) is 0 Å². The number of aromatic nitrogens is 1. The number of aryl methyl sites for hydroxylation is 1. The van der Waals surface area contributed by atoms with Crippen molar-refractivity contribution >= 4 is 50.8 Å². The van der Waals surface area contributed by atoms with Crippen LogP contribution in [0.3, 0.4) is 0 Å². The topological polar surface area (TPSA) is 80.3 Å². The molecule has 1 aromatic heterocycles. The van der Waals surface area contributed by atoms with E-state index in [0.29, 0.717) is 17.9 Å². The molecule has 156 valence electrons. The highest BCUT2D eigenvalue weighted by Gasteiger charge is 2.16. The fourth-order valence-corrected chi connectivity index (χ4v) is 5.10. The van der Waals surface area contributed by atoms with E-state index in [4.69, 9.17) is 4.74 Å². The lowest BCUT2D eigenvalue weighted by atomic mass is 10.1. The van der Waals surface area contributed by atoms with Gasteiger partial charge in [0.15, 0.2) is 4.34 Å². The zero-order valence-electron chi connectivity index (χ0n) is 16.6. The van der Waals surface area contributed by atoms with E-state index in [1.165, 1.54) is 23.1 Å². The van der Waals surface area contributed by atoms with E-state index < -0.39 is 0 Å². The van der Waals surface area contributed by atoms with Crippen LogP contribution in [0.25, 0.3) is 10.2 Å². The van der Waals surface area contributed by atoms with E-state index in [2.05, 4.69) is 15.6 Å². The highest BCUT2D eigenvalue weighted by Crippen LogP contribution is 2.31. The average molecular weight is 442 g/mol. The van der Waals surface area contributed by atoms with Crippen molar-refractivity contribution in [2.24, 2.45) is 0 Å². The van der Waals surface area contributed by atoms with Crippen LogP contribution in [0, 0.1) is 6.92 Å². The lowest BCUT2D eigenvalue weighted by molar-refractivity contribution is -0.119. The van der Waals surface area contributed by atoms with Gasteiger partial charge in [0.2, 0.25) is 5.91 Å². The molecular formula is C22H23N3O3S2. The second-order valence-corrected chi connectivity index (χ2v) is 9.46. The van der Waals surface area contributed by atoms with Crippen LogP contribution in [0.4, 0.5) is 5.69 Å². The van der Waals surface area contributed by atoms with E-state index in [-0.39, 0.29) is 17.9 Å². The second-order valence-electron chi connectivity index (χ2n) is 7.21. The van der Waals surface area contributed by atoms with E-state index in [1.807, 2.05) is 49.4 Å². The van der Waals surface area contributed by atoms with Crippen LogP contribution in [0.5, 0.6) is 0 Å². The Balaban J connectivity index is 1.33. The third-order valence-corrected chi connectivity index (χ3v) is 6.98. The Morgan fingerprint density at radius 2 is 2.07 bits per heavy atom.